The van der Waals surface area contributed by atoms with Crippen LogP contribution in [0.25, 0.3) is 0 Å². The largest absolute Gasteiger partial charge is 0.352 e. The Labute approximate surface area is 233 Å². The monoisotopic (exact) mass is 579 g/mol. The molecule has 2 aromatic rings. The van der Waals surface area contributed by atoms with Crippen LogP contribution < -0.4 is 5.32 Å². The van der Waals surface area contributed by atoms with E-state index in [1.54, 1.807) is 30.3 Å². The highest BCUT2D eigenvalue weighted by Gasteiger charge is 2.40. The summed E-state index contributed by atoms with van der Waals surface area (Å²) in [6.45, 7) is 1.80. The second-order valence-electron chi connectivity index (χ2n) is 9.65. The summed E-state index contributed by atoms with van der Waals surface area (Å²) in [4.78, 5) is 41.0. The zero-order valence-electron chi connectivity index (χ0n) is 21.2. The molecule has 0 radical (unpaired) electrons. The van der Waals surface area contributed by atoms with Gasteiger partial charge in [0, 0.05) is 35.6 Å². The molecule has 0 unspecified atom stereocenters. The Morgan fingerprint density at radius 2 is 1.84 bits per heavy atom. The van der Waals surface area contributed by atoms with E-state index in [4.69, 9.17) is 23.2 Å². The molecule has 1 aliphatic heterocycles. The molecule has 8 nitrogen and oxygen atoms in total. The predicted octanol–water partition coefficient (Wildman–Crippen LogP) is 4.78. The zero-order valence-corrected chi connectivity index (χ0v) is 23.5. The first-order chi connectivity index (χ1) is 18.1. The van der Waals surface area contributed by atoms with Gasteiger partial charge in [-0.2, -0.15) is 0 Å². The number of halogens is 2. The molecule has 1 atom stereocenters. The molecule has 11 heteroatoms. The highest BCUT2D eigenvalue weighted by molar-refractivity contribution is 7.90. The Bertz CT molecular complexity index is 1330. The number of hydrogen-bond donors (Lipinski definition) is 1. The van der Waals surface area contributed by atoms with Crippen LogP contribution in [0, 0.1) is 0 Å². The number of fused-ring (bicyclic) bond motifs is 1. The van der Waals surface area contributed by atoms with E-state index in [1.807, 2.05) is 6.92 Å². The average molecular weight is 581 g/mol. The molecular formula is C27H31Cl2N3O5S. The van der Waals surface area contributed by atoms with Gasteiger partial charge in [-0.3, -0.25) is 14.4 Å². The van der Waals surface area contributed by atoms with Crippen molar-refractivity contribution in [3.05, 3.63) is 63.6 Å². The lowest BCUT2D eigenvalue weighted by molar-refractivity contribution is -0.141. The van der Waals surface area contributed by atoms with Crippen LogP contribution in [0.3, 0.4) is 0 Å². The van der Waals surface area contributed by atoms with E-state index in [-0.39, 0.29) is 54.2 Å². The first kappa shape index (κ1) is 28.4. The number of carbonyl (C=O) groups excluding carboxylic acids is 3. The van der Waals surface area contributed by atoms with Crippen molar-refractivity contribution in [3.8, 4) is 0 Å². The first-order valence-electron chi connectivity index (χ1n) is 12.8. The Balaban J connectivity index is 1.49. The summed E-state index contributed by atoms with van der Waals surface area (Å²) in [7, 11) is -3.96. The van der Waals surface area contributed by atoms with Crippen LogP contribution in [-0.4, -0.2) is 54.0 Å². The first-order valence-corrected chi connectivity index (χ1v) is 15.0. The van der Waals surface area contributed by atoms with Crippen LogP contribution in [0.1, 0.15) is 67.8 Å². The second-order valence-corrected chi connectivity index (χ2v) is 12.3. The van der Waals surface area contributed by atoms with Crippen LogP contribution in [0.4, 0.5) is 0 Å². The number of hydrogen-bond acceptors (Lipinski definition) is 5. The summed E-state index contributed by atoms with van der Waals surface area (Å²) in [6, 6.07) is 10.4. The minimum Gasteiger partial charge on any atom is -0.352 e. The third kappa shape index (κ3) is 6.00. The maximum absolute atomic E-state index is 13.5. The lowest BCUT2D eigenvalue weighted by Gasteiger charge is -2.32. The third-order valence-corrected chi connectivity index (χ3v) is 9.53. The van der Waals surface area contributed by atoms with Gasteiger partial charge in [-0.05, 0) is 55.5 Å². The topological polar surface area (TPSA) is 104 Å². The van der Waals surface area contributed by atoms with E-state index in [1.165, 1.54) is 17.0 Å². The predicted molar refractivity (Wildman–Crippen MR) is 145 cm³/mol. The smallest absolute Gasteiger partial charge is 0.269 e. The third-order valence-electron chi connectivity index (χ3n) is 7.11. The van der Waals surface area contributed by atoms with Crippen LogP contribution in [0.5, 0.6) is 0 Å². The standard InChI is InChI=1S/C27H31Cl2N3O5S/c1-2-23(26(34)30-20-8-3-4-9-20)31(17-18-13-14-19(28)16-22(18)29)25(33)12-7-15-32-27(35)21-10-5-6-11-24(21)38(32,36)37/h5-6,10-11,13-14,16,20,23H,2-4,7-9,12,15,17H2,1H3,(H,30,34)/t23-/m1/s1. The van der Waals surface area contributed by atoms with E-state index < -0.39 is 22.0 Å². The van der Waals surface area contributed by atoms with E-state index >= 15 is 0 Å². The van der Waals surface area contributed by atoms with Gasteiger partial charge in [0.1, 0.15) is 10.9 Å². The lowest BCUT2D eigenvalue weighted by atomic mass is 10.1. The Hall–Kier alpha value is -2.62. The second kappa shape index (κ2) is 12.1. The van der Waals surface area contributed by atoms with E-state index in [0.29, 0.717) is 22.0 Å². The van der Waals surface area contributed by atoms with Crippen molar-refractivity contribution >= 4 is 50.9 Å². The van der Waals surface area contributed by atoms with Gasteiger partial charge in [0.2, 0.25) is 11.8 Å². The fraction of sp³-hybridized carbons (Fsp3) is 0.444. The molecule has 204 valence electrons. The van der Waals surface area contributed by atoms with Crippen molar-refractivity contribution in [3.63, 3.8) is 0 Å². The Morgan fingerprint density at radius 1 is 1.13 bits per heavy atom. The van der Waals surface area contributed by atoms with Gasteiger partial charge in [0.15, 0.2) is 0 Å². The van der Waals surface area contributed by atoms with Crippen molar-refractivity contribution < 1.29 is 22.8 Å². The van der Waals surface area contributed by atoms with Gasteiger partial charge in [-0.25, -0.2) is 12.7 Å². The minimum atomic E-state index is -3.96. The van der Waals surface area contributed by atoms with Gasteiger partial charge in [-0.1, -0.05) is 61.2 Å². The summed E-state index contributed by atoms with van der Waals surface area (Å²) in [5, 5.41) is 3.92. The summed E-state index contributed by atoms with van der Waals surface area (Å²) < 4.78 is 26.5. The molecule has 1 heterocycles. The highest BCUT2D eigenvalue weighted by atomic mass is 35.5. The Morgan fingerprint density at radius 3 is 2.50 bits per heavy atom. The molecule has 0 spiro atoms. The van der Waals surface area contributed by atoms with Crippen LogP contribution in [0.2, 0.25) is 10.0 Å². The van der Waals surface area contributed by atoms with E-state index in [9.17, 15) is 22.8 Å². The molecule has 1 saturated carbocycles. The van der Waals surface area contributed by atoms with Gasteiger partial charge < -0.3 is 10.2 Å². The van der Waals surface area contributed by atoms with Gasteiger partial charge >= 0.3 is 0 Å². The Kier molecular flexibility index (Phi) is 9.00. The molecule has 0 bridgehead atoms. The average Bonchev–Trinajstić information content (AvgIpc) is 3.46. The van der Waals surface area contributed by atoms with Crippen molar-refractivity contribution in [2.24, 2.45) is 0 Å². The number of nitrogens with one attached hydrogen (secondary N) is 1. The number of sulfonamides is 1. The van der Waals surface area contributed by atoms with E-state index in [0.717, 1.165) is 30.0 Å². The molecule has 38 heavy (non-hydrogen) atoms. The number of nitrogens with zero attached hydrogens (tertiary/aromatic N) is 2. The highest BCUT2D eigenvalue weighted by Crippen LogP contribution is 2.30. The summed E-state index contributed by atoms with van der Waals surface area (Å²) in [6.07, 6.45) is 4.42. The van der Waals surface area contributed by atoms with Gasteiger partial charge in [-0.15, -0.1) is 0 Å². The fourth-order valence-corrected chi connectivity index (χ4v) is 7.17. The number of benzene rings is 2. The molecule has 1 N–H and O–H groups in total. The van der Waals surface area contributed by atoms with Gasteiger partial charge in [0.05, 0.1) is 5.56 Å². The van der Waals surface area contributed by atoms with E-state index in [2.05, 4.69) is 5.32 Å². The van der Waals surface area contributed by atoms with Crippen LogP contribution >= 0.6 is 23.2 Å². The SMILES string of the molecule is CC[C@H](C(=O)NC1CCCC1)N(Cc1ccc(Cl)cc1Cl)C(=O)CCCN1C(=O)c2ccccc2S1(=O)=O. The molecule has 2 aromatic carbocycles. The zero-order chi connectivity index (χ0) is 27.4. The number of carbonyl (C=O) groups is 3. The quantitative estimate of drug-likeness (QED) is 0.436. The molecule has 3 amide bonds. The van der Waals surface area contributed by atoms with Crippen molar-refractivity contribution in [1.82, 2.24) is 14.5 Å². The van der Waals surface area contributed by atoms with Crippen LogP contribution in [0.15, 0.2) is 47.4 Å². The molecule has 0 saturated heterocycles. The van der Waals surface area contributed by atoms with Gasteiger partial charge in [0.25, 0.3) is 15.9 Å². The van der Waals surface area contributed by atoms with Crippen molar-refractivity contribution in [1.29, 1.82) is 0 Å². The lowest BCUT2D eigenvalue weighted by Crippen LogP contribution is -2.51. The maximum Gasteiger partial charge on any atom is 0.269 e. The molecule has 0 aromatic heterocycles. The maximum atomic E-state index is 13.5. The number of amides is 3. The fourth-order valence-electron chi connectivity index (χ4n) is 5.09. The molecule has 4 rings (SSSR count). The van der Waals surface area contributed by atoms with Crippen LogP contribution in [-0.2, 0) is 26.2 Å². The summed E-state index contributed by atoms with van der Waals surface area (Å²) >= 11 is 12.4. The number of rotatable bonds is 10. The normalized spacial score (nSPS) is 17.3. The van der Waals surface area contributed by atoms with Crippen molar-refractivity contribution in [2.75, 3.05) is 6.54 Å². The van der Waals surface area contributed by atoms with Crippen molar-refractivity contribution in [2.45, 2.75) is 75.4 Å². The minimum absolute atomic E-state index is 0.0232. The molecule has 1 aliphatic carbocycles. The molecule has 1 fully saturated rings. The summed E-state index contributed by atoms with van der Waals surface area (Å²) in [5.74, 6) is -1.14. The summed E-state index contributed by atoms with van der Waals surface area (Å²) in [5.41, 5.74) is 0.775. The molecular weight excluding hydrogens is 549 g/mol. The molecule has 2 aliphatic rings.